The number of sulfonamides is 1. The molecule has 0 aliphatic carbocycles. The fraction of sp³-hybridized carbons (Fsp3) is 0.0435. The van der Waals surface area contributed by atoms with Gasteiger partial charge in [0.25, 0.3) is 10.0 Å². The molecule has 0 saturated heterocycles. The minimum atomic E-state index is -3.88. The van der Waals surface area contributed by atoms with Crippen LogP contribution >= 0.6 is 0 Å². The molecule has 0 bridgehead atoms. The molecule has 0 aliphatic rings. The second kappa shape index (κ2) is 8.91. The van der Waals surface area contributed by atoms with E-state index in [0.29, 0.717) is 40.2 Å². The van der Waals surface area contributed by atoms with Crippen molar-refractivity contribution in [1.29, 1.82) is 0 Å². The number of H-pyrrole nitrogens is 1. The van der Waals surface area contributed by atoms with Crippen molar-refractivity contribution in [3.05, 3.63) is 89.3 Å². The van der Waals surface area contributed by atoms with Crippen LogP contribution in [0.1, 0.15) is 5.82 Å². The topological polar surface area (TPSA) is 155 Å². The molecule has 0 radical (unpaired) electrons. The number of anilines is 5. The van der Waals surface area contributed by atoms with E-state index in [1.54, 1.807) is 43.5 Å². The van der Waals surface area contributed by atoms with Crippen LogP contribution < -0.4 is 21.1 Å². The predicted molar refractivity (Wildman–Crippen MR) is 132 cm³/mol. The molecular formula is C23H19N7O4S. The number of benzene rings is 2. The van der Waals surface area contributed by atoms with E-state index in [1.165, 1.54) is 18.2 Å². The zero-order valence-corrected chi connectivity index (χ0v) is 19.1. The average molecular weight is 490 g/mol. The van der Waals surface area contributed by atoms with E-state index < -0.39 is 15.8 Å². The van der Waals surface area contributed by atoms with Crippen LogP contribution in [0.4, 0.5) is 28.8 Å². The number of hydrogen-bond acceptors (Lipinski definition) is 9. The highest BCUT2D eigenvalue weighted by molar-refractivity contribution is 7.92. The minimum absolute atomic E-state index is 0.00588. The molecule has 0 fully saturated rings. The van der Waals surface area contributed by atoms with Crippen LogP contribution in [0.2, 0.25) is 0 Å². The van der Waals surface area contributed by atoms with Crippen molar-refractivity contribution in [2.45, 2.75) is 11.8 Å². The summed E-state index contributed by atoms with van der Waals surface area (Å²) in [6, 6.07) is 18.1. The van der Waals surface area contributed by atoms with Gasteiger partial charge in [0.05, 0.1) is 10.4 Å². The lowest BCUT2D eigenvalue weighted by Gasteiger charge is -2.11. The fourth-order valence-corrected chi connectivity index (χ4v) is 4.43. The summed E-state index contributed by atoms with van der Waals surface area (Å²) in [5, 5.41) is 6.31. The second-order valence-corrected chi connectivity index (χ2v) is 9.19. The molecule has 5 rings (SSSR count). The first kappa shape index (κ1) is 22.1. The molecule has 2 aromatic carbocycles. The van der Waals surface area contributed by atoms with Gasteiger partial charge in [-0.15, -0.1) is 0 Å². The van der Waals surface area contributed by atoms with E-state index in [1.807, 2.05) is 18.2 Å². The number of nitrogens with one attached hydrogen (secondary N) is 4. The number of rotatable bonds is 7. The van der Waals surface area contributed by atoms with Crippen molar-refractivity contribution in [2.75, 3.05) is 15.4 Å². The Morgan fingerprint density at radius 2 is 1.60 bits per heavy atom. The van der Waals surface area contributed by atoms with Crippen LogP contribution in [0.5, 0.6) is 0 Å². The van der Waals surface area contributed by atoms with Gasteiger partial charge in [-0.3, -0.25) is 9.71 Å². The zero-order chi connectivity index (χ0) is 24.4. The number of hydrogen-bond donors (Lipinski definition) is 4. The third kappa shape index (κ3) is 5.12. The number of aromatic nitrogens is 4. The minimum Gasteiger partial charge on any atom is -0.408 e. The molecule has 3 heterocycles. The molecule has 176 valence electrons. The van der Waals surface area contributed by atoms with Gasteiger partial charge in [0.2, 0.25) is 0 Å². The third-order valence-corrected chi connectivity index (χ3v) is 6.25. The summed E-state index contributed by atoms with van der Waals surface area (Å²) in [6.07, 6.45) is 1.68. The Labute approximate surface area is 199 Å². The molecular weight excluding hydrogens is 470 g/mol. The maximum Gasteiger partial charge on any atom is 0.417 e. The van der Waals surface area contributed by atoms with Gasteiger partial charge < -0.3 is 15.1 Å². The van der Waals surface area contributed by atoms with E-state index in [9.17, 15) is 13.2 Å². The molecule has 0 atom stereocenters. The highest BCUT2D eigenvalue weighted by Gasteiger charge is 2.16. The van der Waals surface area contributed by atoms with E-state index in [4.69, 9.17) is 4.42 Å². The summed E-state index contributed by atoms with van der Waals surface area (Å²) in [7, 11) is -3.88. The third-order valence-electron chi connectivity index (χ3n) is 4.87. The normalized spacial score (nSPS) is 11.3. The molecule has 0 saturated carbocycles. The Morgan fingerprint density at radius 1 is 0.857 bits per heavy atom. The van der Waals surface area contributed by atoms with Crippen molar-refractivity contribution in [2.24, 2.45) is 0 Å². The highest BCUT2D eigenvalue weighted by Crippen LogP contribution is 2.23. The first-order valence-corrected chi connectivity index (χ1v) is 11.9. The van der Waals surface area contributed by atoms with Crippen LogP contribution in [0, 0.1) is 6.92 Å². The summed E-state index contributed by atoms with van der Waals surface area (Å²) >= 11 is 0. The monoisotopic (exact) mass is 489 g/mol. The Morgan fingerprint density at radius 3 is 2.34 bits per heavy atom. The number of aryl methyl sites for hydroxylation is 1. The molecule has 12 heteroatoms. The Bertz CT molecular complexity index is 1660. The maximum atomic E-state index is 12.8. The van der Waals surface area contributed by atoms with Crippen LogP contribution in [0.3, 0.4) is 0 Å². The van der Waals surface area contributed by atoms with Gasteiger partial charge in [-0.1, -0.05) is 6.07 Å². The van der Waals surface area contributed by atoms with Gasteiger partial charge in [0.1, 0.15) is 23.3 Å². The first-order valence-electron chi connectivity index (χ1n) is 10.4. The van der Waals surface area contributed by atoms with Gasteiger partial charge >= 0.3 is 5.76 Å². The second-order valence-electron chi connectivity index (χ2n) is 7.51. The van der Waals surface area contributed by atoms with Gasteiger partial charge in [-0.25, -0.2) is 28.2 Å². The largest absolute Gasteiger partial charge is 0.417 e. The Balaban J connectivity index is 1.30. The summed E-state index contributed by atoms with van der Waals surface area (Å²) in [4.78, 5) is 26.7. The lowest BCUT2D eigenvalue weighted by atomic mass is 10.3. The molecule has 0 aliphatic heterocycles. The zero-order valence-electron chi connectivity index (χ0n) is 18.3. The number of fused-ring (bicyclic) bond motifs is 1. The fourth-order valence-electron chi connectivity index (χ4n) is 3.35. The summed E-state index contributed by atoms with van der Waals surface area (Å²) in [6.45, 7) is 1.78. The number of oxazole rings is 1. The average Bonchev–Trinajstić information content (AvgIpc) is 3.20. The molecule has 3 aromatic heterocycles. The molecule has 11 nitrogen and oxygen atoms in total. The van der Waals surface area contributed by atoms with E-state index in [-0.39, 0.29) is 10.5 Å². The number of aromatic amines is 1. The SMILES string of the molecule is Cc1nc(Nc2ccc(NS(=O)(=O)c3ccc4oc(=O)[nH]c4c3)cc2)cc(Nc2ccccn2)n1. The molecule has 5 aromatic rings. The van der Waals surface area contributed by atoms with Crippen molar-refractivity contribution in [3.8, 4) is 0 Å². The van der Waals surface area contributed by atoms with Gasteiger partial charge in [-0.2, -0.15) is 0 Å². The van der Waals surface area contributed by atoms with Gasteiger partial charge in [-0.05, 0) is 61.5 Å². The van der Waals surface area contributed by atoms with E-state index >= 15 is 0 Å². The van der Waals surface area contributed by atoms with Crippen molar-refractivity contribution >= 4 is 50.0 Å². The molecule has 0 spiro atoms. The molecule has 0 amide bonds. The summed E-state index contributed by atoms with van der Waals surface area (Å²) < 4.78 is 33.0. The van der Waals surface area contributed by atoms with Gasteiger partial charge in [0.15, 0.2) is 5.58 Å². The van der Waals surface area contributed by atoms with E-state index in [0.717, 1.165) is 0 Å². The van der Waals surface area contributed by atoms with Crippen LogP contribution in [0.25, 0.3) is 11.1 Å². The lowest BCUT2D eigenvalue weighted by molar-refractivity contribution is 0.555. The highest BCUT2D eigenvalue weighted by atomic mass is 32.2. The summed E-state index contributed by atoms with van der Waals surface area (Å²) in [5.74, 6) is 1.72. The number of nitrogens with zero attached hydrogens (tertiary/aromatic N) is 3. The standard InChI is InChI=1S/C23H19N7O4S/c1-14-25-21(13-22(26-14)29-20-4-2-3-11-24-20)27-15-5-7-16(8-6-15)30-35(32,33)17-9-10-19-18(12-17)28-23(31)34-19/h2-13,30H,1H3,(H,28,31)(H2,24,25,26,27,29). The van der Waals surface area contributed by atoms with E-state index in [2.05, 4.69) is 35.3 Å². The van der Waals surface area contributed by atoms with Crippen LogP contribution in [-0.4, -0.2) is 28.4 Å². The Hall–Kier alpha value is -4.71. The molecule has 4 N–H and O–H groups in total. The smallest absolute Gasteiger partial charge is 0.408 e. The number of pyridine rings is 1. The molecule has 35 heavy (non-hydrogen) atoms. The van der Waals surface area contributed by atoms with Crippen LogP contribution in [-0.2, 0) is 10.0 Å². The maximum absolute atomic E-state index is 12.8. The van der Waals surface area contributed by atoms with Crippen molar-refractivity contribution in [3.63, 3.8) is 0 Å². The first-order chi connectivity index (χ1) is 16.8. The quantitative estimate of drug-likeness (QED) is 0.266. The molecule has 0 unspecified atom stereocenters. The van der Waals surface area contributed by atoms with Crippen molar-refractivity contribution < 1.29 is 12.8 Å². The predicted octanol–water partition coefficient (Wildman–Crippen LogP) is 3.90. The lowest BCUT2D eigenvalue weighted by Crippen LogP contribution is -2.12. The van der Waals surface area contributed by atoms with Gasteiger partial charge in [0, 0.05) is 23.6 Å². The van der Waals surface area contributed by atoms with Crippen molar-refractivity contribution in [1.82, 2.24) is 19.9 Å². The Kier molecular flexibility index (Phi) is 5.63. The summed E-state index contributed by atoms with van der Waals surface area (Å²) in [5.41, 5.74) is 1.65. The van der Waals surface area contributed by atoms with Crippen LogP contribution in [0.15, 0.2) is 87.0 Å².